The highest BCUT2D eigenvalue weighted by Gasteiger charge is 2.16. The van der Waals surface area contributed by atoms with Crippen LogP contribution in [0, 0.1) is 11.8 Å². The van der Waals surface area contributed by atoms with Crippen molar-refractivity contribution in [1.29, 1.82) is 0 Å². The van der Waals surface area contributed by atoms with Crippen LogP contribution in [0.25, 0.3) is 0 Å². The number of hydrogen-bond acceptors (Lipinski definition) is 3. The van der Waals surface area contributed by atoms with Crippen molar-refractivity contribution >= 4 is 6.29 Å². The van der Waals surface area contributed by atoms with Crippen LogP contribution < -0.4 is 0 Å². The highest BCUT2D eigenvalue weighted by molar-refractivity contribution is 5.75. The van der Waals surface area contributed by atoms with Crippen molar-refractivity contribution in [3.63, 3.8) is 0 Å². The Kier molecular flexibility index (Phi) is 8.44. The molecule has 2 aromatic carbocycles. The fraction of sp³-hybridized carbons (Fsp3) is 0.400. The van der Waals surface area contributed by atoms with Gasteiger partial charge in [0.2, 0.25) is 0 Å². The van der Waals surface area contributed by atoms with Gasteiger partial charge < -0.3 is 0 Å². The van der Waals surface area contributed by atoms with E-state index in [-0.39, 0.29) is 6.04 Å². The third-order valence-corrected chi connectivity index (χ3v) is 4.91. The highest BCUT2D eigenvalue weighted by atomic mass is 16.1. The fourth-order valence-electron chi connectivity index (χ4n) is 3.41. The van der Waals surface area contributed by atoms with E-state index in [2.05, 4.69) is 86.7 Å². The van der Waals surface area contributed by atoms with Crippen molar-refractivity contribution in [2.24, 2.45) is 0 Å². The number of benzene rings is 2. The second-order valence-electron chi connectivity index (χ2n) is 7.77. The summed E-state index contributed by atoms with van der Waals surface area (Å²) in [4.78, 5) is 15.9. The summed E-state index contributed by atoms with van der Waals surface area (Å²) in [7, 11) is 2.09. The fourth-order valence-corrected chi connectivity index (χ4v) is 3.41. The molecule has 0 unspecified atom stereocenters. The van der Waals surface area contributed by atoms with Crippen molar-refractivity contribution in [2.75, 3.05) is 13.6 Å². The molecular weight excluding hydrogens is 344 g/mol. The first-order valence-electron chi connectivity index (χ1n) is 9.95. The second-order valence-corrected chi connectivity index (χ2v) is 7.77. The van der Waals surface area contributed by atoms with E-state index in [0.717, 1.165) is 24.9 Å². The van der Waals surface area contributed by atoms with Crippen molar-refractivity contribution in [2.45, 2.75) is 52.4 Å². The number of aldehydes is 1. The van der Waals surface area contributed by atoms with Gasteiger partial charge in [-0.25, -0.2) is 0 Å². The Hall–Kier alpha value is -2.41. The van der Waals surface area contributed by atoms with Crippen LogP contribution in [0.1, 0.15) is 55.2 Å². The van der Waals surface area contributed by atoms with Crippen molar-refractivity contribution in [3.05, 3.63) is 71.3 Å². The van der Waals surface area contributed by atoms with Gasteiger partial charge in [-0.2, -0.15) is 0 Å². The maximum atomic E-state index is 11.2. The monoisotopic (exact) mass is 376 g/mol. The van der Waals surface area contributed by atoms with Gasteiger partial charge in [0.15, 0.2) is 0 Å². The first kappa shape index (κ1) is 21.9. The molecule has 0 aromatic heterocycles. The van der Waals surface area contributed by atoms with Crippen LogP contribution in [-0.2, 0) is 6.54 Å². The average Bonchev–Trinajstić information content (AvgIpc) is 2.68. The summed E-state index contributed by atoms with van der Waals surface area (Å²) in [6, 6.07) is 19.0. The van der Waals surface area contributed by atoms with Crippen LogP contribution in [0.15, 0.2) is 54.6 Å². The molecule has 3 nitrogen and oxygen atoms in total. The maximum Gasteiger partial charge on any atom is 0.150 e. The van der Waals surface area contributed by atoms with Gasteiger partial charge in [-0.3, -0.25) is 14.6 Å². The molecule has 0 spiro atoms. The van der Waals surface area contributed by atoms with E-state index in [4.69, 9.17) is 0 Å². The Morgan fingerprint density at radius 3 is 2.25 bits per heavy atom. The topological polar surface area (TPSA) is 23.6 Å². The zero-order valence-electron chi connectivity index (χ0n) is 17.7. The summed E-state index contributed by atoms with van der Waals surface area (Å²) in [6.07, 6.45) is 0.893. The van der Waals surface area contributed by atoms with Crippen LogP contribution in [0.4, 0.5) is 0 Å². The molecule has 0 aliphatic carbocycles. The molecule has 0 amide bonds. The van der Waals surface area contributed by atoms with E-state index < -0.39 is 0 Å². The largest absolute Gasteiger partial charge is 0.298 e. The zero-order chi connectivity index (χ0) is 20.5. The summed E-state index contributed by atoms with van der Waals surface area (Å²) in [5, 5.41) is 0. The van der Waals surface area contributed by atoms with Gasteiger partial charge in [-0.05, 0) is 51.9 Å². The van der Waals surface area contributed by atoms with E-state index in [1.54, 1.807) is 0 Å². The molecule has 0 aliphatic heterocycles. The second kappa shape index (κ2) is 10.8. The molecule has 0 N–H and O–H groups in total. The van der Waals surface area contributed by atoms with Crippen molar-refractivity contribution < 1.29 is 4.79 Å². The minimum absolute atomic E-state index is 0.0683. The summed E-state index contributed by atoms with van der Waals surface area (Å²) >= 11 is 0. The minimum Gasteiger partial charge on any atom is -0.298 e. The molecule has 0 fully saturated rings. The average molecular weight is 377 g/mol. The van der Waals surface area contributed by atoms with Crippen LogP contribution in [0.3, 0.4) is 0 Å². The molecule has 0 aliphatic rings. The Bertz CT molecular complexity index is 794. The van der Waals surface area contributed by atoms with Crippen molar-refractivity contribution in [1.82, 2.24) is 9.80 Å². The van der Waals surface area contributed by atoms with Gasteiger partial charge in [0.05, 0.1) is 12.6 Å². The molecular formula is C25H32N2O. The van der Waals surface area contributed by atoms with Crippen LogP contribution in [0.2, 0.25) is 0 Å². The Labute approximate surface area is 170 Å². The Morgan fingerprint density at radius 1 is 0.964 bits per heavy atom. The number of rotatable bonds is 8. The minimum atomic E-state index is -0.0683. The molecule has 3 heteroatoms. The van der Waals surface area contributed by atoms with E-state index in [0.29, 0.717) is 17.6 Å². The van der Waals surface area contributed by atoms with Crippen LogP contribution in [-0.4, -0.2) is 41.8 Å². The summed E-state index contributed by atoms with van der Waals surface area (Å²) in [5.74, 6) is 6.86. The van der Waals surface area contributed by atoms with Gasteiger partial charge in [0.25, 0.3) is 0 Å². The third-order valence-electron chi connectivity index (χ3n) is 4.91. The molecule has 0 bridgehead atoms. The number of nitrogens with zero attached hydrogens (tertiary/aromatic N) is 2. The number of hydrogen-bond donors (Lipinski definition) is 0. The van der Waals surface area contributed by atoms with Gasteiger partial charge in [0, 0.05) is 24.2 Å². The molecule has 28 heavy (non-hydrogen) atoms. The highest BCUT2D eigenvalue weighted by Crippen LogP contribution is 2.21. The normalized spacial score (nSPS) is 12.3. The summed E-state index contributed by atoms with van der Waals surface area (Å²) in [5.41, 5.74) is 2.98. The summed E-state index contributed by atoms with van der Waals surface area (Å²) < 4.78 is 0. The molecule has 0 radical (unpaired) electrons. The Balaban J connectivity index is 2.28. The molecule has 0 saturated carbocycles. The third kappa shape index (κ3) is 6.34. The lowest BCUT2D eigenvalue weighted by Crippen LogP contribution is -2.37. The first-order chi connectivity index (χ1) is 13.4. The van der Waals surface area contributed by atoms with E-state index in [1.165, 1.54) is 5.56 Å². The molecule has 2 rings (SSSR count). The standard InChI is InChI=1S/C25H32N2O/c1-20(2)27(21(3)4)16-10-15-25(24-14-9-13-23(17-24)19-28)26(5)18-22-11-7-6-8-12-22/h6-9,11-14,17,19-21,25H,16,18H2,1-5H3/t25-/m1/s1. The van der Waals surface area contributed by atoms with Gasteiger partial charge in [-0.1, -0.05) is 60.4 Å². The Morgan fingerprint density at radius 2 is 1.64 bits per heavy atom. The lowest BCUT2D eigenvalue weighted by Gasteiger charge is -2.28. The summed E-state index contributed by atoms with van der Waals surface area (Å²) in [6.45, 7) is 10.3. The smallest absolute Gasteiger partial charge is 0.150 e. The van der Waals surface area contributed by atoms with E-state index >= 15 is 0 Å². The predicted octanol–water partition coefficient (Wildman–Crippen LogP) is 4.79. The maximum absolute atomic E-state index is 11.2. The van der Waals surface area contributed by atoms with Crippen LogP contribution >= 0.6 is 0 Å². The van der Waals surface area contributed by atoms with Crippen LogP contribution in [0.5, 0.6) is 0 Å². The molecule has 1 atom stereocenters. The number of carbonyl (C=O) groups is 1. The van der Waals surface area contributed by atoms with Gasteiger partial charge in [0.1, 0.15) is 6.29 Å². The van der Waals surface area contributed by atoms with Gasteiger partial charge in [-0.15, -0.1) is 0 Å². The molecule has 2 aromatic rings. The van der Waals surface area contributed by atoms with E-state index in [1.807, 2.05) is 24.3 Å². The lowest BCUT2D eigenvalue weighted by molar-refractivity contribution is 0.112. The van der Waals surface area contributed by atoms with Crippen molar-refractivity contribution in [3.8, 4) is 11.8 Å². The quantitative estimate of drug-likeness (QED) is 0.489. The number of carbonyl (C=O) groups excluding carboxylic acids is 1. The SMILES string of the molecule is CC(C)N(CC#C[C@H](c1cccc(C=O)c1)N(C)Cc1ccccc1)C(C)C. The predicted molar refractivity (Wildman–Crippen MR) is 117 cm³/mol. The molecule has 148 valence electrons. The molecule has 0 saturated heterocycles. The lowest BCUT2D eigenvalue weighted by atomic mass is 10.0. The first-order valence-corrected chi connectivity index (χ1v) is 9.95. The zero-order valence-corrected chi connectivity index (χ0v) is 17.7. The van der Waals surface area contributed by atoms with E-state index in [9.17, 15) is 4.79 Å². The molecule has 0 heterocycles. The van der Waals surface area contributed by atoms with Gasteiger partial charge >= 0.3 is 0 Å².